The molecule has 1 saturated heterocycles. The maximum absolute atomic E-state index is 13.0. The van der Waals surface area contributed by atoms with Crippen LogP contribution in [0, 0.1) is 0 Å². The van der Waals surface area contributed by atoms with Gasteiger partial charge in [-0.3, -0.25) is 24.0 Å². The second-order valence-corrected chi connectivity index (χ2v) is 9.55. The third-order valence-electron chi connectivity index (χ3n) is 6.16. The van der Waals surface area contributed by atoms with Crippen LogP contribution in [-0.4, -0.2) is 70.6 Å². The molecule has 1 heterocycles. The lowest BCUT2D eigenvalue weighted by Crippen LogP contribution is -2.54. The number of aliphatic carboxylic acids is 1. The Kier molecular flexibility index (Phi) is 10.2. The maximum Gasteiger partial charge on any atom is 0.305 e. The Bertz CT molecular complexity index is 1250. The predicted octanol–water partition coefficient (Wildman–Crippen LogP) is 1.79. The number of nitrogens with one attached hydrogen (secondary N) is 3. The molecule has 0 saturated carbocycles. The van der Waals surface area contributed by atoms with Crippen LogP contribution < -0.4 is 16.0 Å². The maximum atomic E-state index is 13.0. The number of nitrogens with zero attached hydrogens (tertiary/aromatic N) is 1. The van der Waals surface area contributed by atoms with E-state index < -0.39 is 48.2 Å². The number of likely N-dealkylation sites (tertiary alicyclic amines) is 1. The van der Waals surface area contributed by atoms with Gasteiger partial charge in [-0.1, -0.05) is 41.9 Å². The minimum absolute atomic E-state index is 0.144. The highest BCUT2D eigenvalue weighted by molar-refractivity contribution is 6.34. The van der Waals surface area contributed by atoms with Crippen LogP contribution in [0.15, 0.2) is 48.5 Å². The summed E-state index contributed by atoms with van der Waals surface area (Å²) >= 11 is 6.29. The molecule has 12 heteroatoms. The lowest BCUT2D eigenvalue weighted by atomic mass is 10.1. The lowest BCUT2D eigenvalue weighted by Gasteiger charge is -2.27. The first-order valence-electron chi connectivity index (χ1n) is 12.3. The predicted molar refractivity (Wildman–Crippen MR) is 142 cm³/mol. The standard InChI is InChI=1S/C27H29ClN4O7/c1-16(27(39)32-11-5-8-22(32)26(38)30-19(15-33)14-24(35)36)29-25(37)18-9-10-21(20(28)13-18)31-23(34)12-17-6-3-2-4-7-17/h2-4,6-7,9-10,13,15-16,19,22H,5,8,11-12,14H2,1H3,(H,29,37)(H,30,38)(H,31,34)(H,35,36)/t16?,19?,22-/m0/s1. The van der Waals surface area contributed by atoms with Crippen molar-refractivity contribution in [2.45, 2.75) is 50.7 Å². The van der Waals surface area contributed by atoms with E-state index in [0.717, 1.165) is 5.56 Å². The van der Waals surface area contributed by atoms with Gasteiger partial charge in [-0.25, -0.2) is 0 Å². The van der Waals surface area contributed by atoms with Gasteiger partial charge >= 0.3 is 5.97 Å². The number of carboxylic acids is 1. The number of rotatable bonds is 11. The molecule has 1 aliphatic rings. The number of hydrogen-bond acceptors (Lipinski definition) is 6. The number of benzene rings is 2. The van der Waals surface area contributed by atoms with E-state index >= 15 is 0 Å². The van der Waals surface area contributed by atoms with Gasteiger partial charge in [0, 0.05) is 12.1 Å². The normalized spacial score (nSPS) is 16.1. The van der Waals surface area contributed by atoms with E-state index in [0.29, 0.717) is 24.8 Å². The molecule has 2 aromatic carbocycles. The van der Waals surface area contributed by atoms with E-state index in [1.807, 2.05) is 30.3 Å². The summed E-state index contributed by atoms with van der Waals surface area (Å²) in [6, 6.07) is 10.4. The molecule has 2 aromatic rings. The van der Waals surface area contributed by atoms with Crippen molar-refractivity contribution in [3.63, 3.8) is 0 Å². The summed E-state index contributed by atoms with van der Waals surface area (Å²) in [6.07, 6.45) is 0.789. The number of amides is 4. The van der Waals surface area contributed by atoms with E-state index in [1.165, 1.54) is 30.0 Å². The highest BCUT2D eigenvalue weighted by atomic mass is 35.5. The Morgan fingerprint density at radius 3 is 2.46 bits per heavy atom. The van der Waals surface area contributed by atoms with Crippen molar-refractivity contribution in [3.8, 4) is 0 Å². The van der Waals surface area contributed by atoms with Crippen LogP contribution in [0.2, 0.25) is 5.02 Å². The molecule has 1 fully saturated rings. The molecule has 0 aliphatic carbocycles. The van der Waals surface area contributed by atoms with Crippen molar-refractivity contribution in [2.75, 3.05) is 11.9 Å². The molecule has 1 aliphatic heterocycles. The van der Waals surface area contributed by atoms with Crippen LogP contribution in [-0.2, 0) is 30.4 Å². The first kappa shape index (κ1) is 29.3. The van der Waals surface area contributed by atoms with Crippen molar-refractivity contribution in [2.24, 2.45) is 0 Å². The van der Waals surface area contributed by atoms with Gasteiger partial charge in [-0.05, 0) is 43.5 Å². The first-order chi connectivity index (χ1) is 18.6. The molecular weight excluding hydrogens is 528 g/mol. The molecule has 0 radical (unpaired) electrons. The third kappa shape index (κ3) is 8.11. The average Bonchev–Trinajstić information content (AvgIpc) is 3.39. The zero-order chi connectivity index (χ0) is 28.5. The van der Waals surface area contributed by atoms with E-state index in [-0.39, 0.29) is 29.5 Å². The Balaban J connectivity index is 1.58. The highest BCUT2D eigenvalue weighted by Gasteiger charge is 2.37. The Morgan fingerprint density at radius 2 is 1.82 bits per heavy atom. The summed E-state index contributed by atoms with van der Waals surface area (Å²) in [5, 5.41) is 16.7. The van der Waals surface area contributed by atoms with Gasteiger partial charge in [0.2, 0.25) is 17.7 Å². The quantitative estimate of drug-likeness (QED) is 0.307. The molecule has 3 rings (SSSR count). The van der Waals surface area contributed by atoms with Gasteiger partial charge in [0.25, 0.3) is 5.91 Å². The number of halogens is 1. The largest absolute Gasteiger partial charge is 0.481 e. The lowest BCUT2D eigenvalue weighted by molar-refractivity contribution is -0.141. The zero-order valence-corrected chi connectivity index (χ0v) is 21.9. The summed E-state index contributed by atoms with van der Waals surface area (Å²) < 4.78 is 0. The first-order valence-corrected chi connectivity index (χ1v) is 12.7. The number of carboxylic acid groups (broad SMARTS) is 1. The van der Waals surface area contributed by atoms with Gasteiger partial charge in [-0.15, -0.1) is 0 Å². The van der Waals surface area contributed by atoms with Gasteiger partial charge in [0.1, 0.15) is 18.4 Å². The molecule has 4 N–H and O–H groups in total. The third-order valence-corrected chi connectivity index (χ3v) is 6.47. The van der Waals surface area contributed by atoms with Crippen LogP contribution in [0.4, 0.5) is 5.69 Å². The van der Waals surface area contributed by atoms with Crippen molar-refractivity contribution in [1.82, 2.24) is 15.5 Å². The Hall–Kier alpha value is -4.25. The highest BCUT2D eigenvalue weighted by Crippen LogP contribution is 2.24. The molecule has 0 aromatic heterocycles. The monoisotopic (exact) mass is 556 g/mol. The summed E-state index contributed by atoms with van der Waals surface area (Å²) in [4.78, 5) is 74.1. The van der Waals surface area contributed by atoms with E-state index in [9.17, 15) is 28.8 Å². The molecular formula is C27H29ClN4O7. The average molecular weight is 557 g/mol. The fourth-order valence-corrected chi connectivity index (χ4v) is 4.45. The van der Waals surface area contributed by atoms with Crippen LogP contribution in [0.1, 0.15) is 42.1 Å². The fourth-order valence-electron chi connectivity index (χ4n) is 4.23. The minimum atomic E-state index is -1.24. The van der Waals surface area contributed by atoms with Gasteiger partial charge in [0.15, 0.2) is 0 Å². The van der Waals surface area contributed by atoms with Gasteiger partial charge < -0.3 is 30.8 Å². The molecule has 4 amide bonds. The summed E-state index contributed by atoms with van der Waals surface area (Å²) in [6.45, 7) is 1.75. The molecule has 2 unspecified atom stereocenters. The zero-order valence-electron chi connectivity index (χ0n) is 21.2. The number of hydrogen-bond donors (Lipinski definition) is 4. The molecule has 3 atom stereocenters. The van der Waals surface area contributed by atoms with Crippen molar-refractivity contribution in [3.05, 3.63) is 64.7 Å². The van der Waals surface area contributed by atoms with Crippen LogP contribution in [0.25, 0.3) is 0 Å². The number of anilines is 1. The number of carbonyl (C=O) groups excluding carboxylic acids is 5. The topological polar surface area (TPSA) is 162 Å². The molecule has 0 spiro atoms. The summed E-state index contributed by atoms with van der Waals surface area (Å²) in [5.74, 6) is -3.23. The van der Waals surface area contributed by atoms with E-state index in [1.54, 1.807) is 0 Å². The van der Waals surface area contributed by atoms with Crippen LogP contribution in [0.3, 0.4) is 0 Å². The smallest absolute Gasteiger partial charge is 0.305 e. The van der Waals surface area contributed by atoms with Crippen molar-refractivity contribution >= 4 is 53.2 Å². The van der Waals surface area contributed by atoms with E-state index in [4.69, 9.17) is 16.7 Å². The van der Waals surface area contributed by atoms with Crippen LogP contribution >= 0.6 is 11.6 Å². The number of aldehydes is 1. The molecule has 39 heavy (non-hydrogen) atoms. The Morgan fingerprint density at radius 1 is 1.10 bits per heavy atom. The summed E-state index contributed by atoms with van der Waals surface area (Å²) in [5.41, 5.74) is 1.34. The molecule has 0 bridgehead atoms. The molecule has 206 valence electrons. The van der Waals surface area contributed by atoms with Gasteiger partial charge in [0.05, 0.1) is 29.6 Å². The second-order valence-electron chi connectivity index (χ2n) is 9.14. The Labute approximate surface area is 229 Å². The van der Waals surface area contributed by atoms with Crippen molar-refractivity contribution < 1.29 is 33.9 Å². The fraction of sp³-hybridized carbons (Fsp3) is 0.333. The minimum Gasteiger partial charge on any atom is -0.481 e. The van der Waals surface area contributed by atoms with Crippen molar-refractivity contribution in [1.29, 1.82) is 0 Å². The SMILES string of the molecule is CC(NC(=O)c1ccc(NC(=O)Cc2ccccc2)c(Cl)c1)C(=O)N1CCC[C@H]1C(=O)NC(C=O)CC(=O)O. The number of carbonyl (C=O) groups is 6. The van der Waals surface area contributed by atoms with E-state index in [2.05, 4.69) is 16.0 Å². The summed E-state index contributed by atoms with van der Waals surface area (Å²) in [7, 11) is 0. The van der Waals surface area contributed by atoms with Gasteiger partial charge in [-0.2, -0.15) is 0 Å². The van der Waals surface area contributed by atoms with Crippen LogP contribution in [0.5, 0.6) is 0 Å². The molecule has 11 nitrogen and oxygen atoms in total. The second kappa shape index (κ2) is 13.5.